The van der Waals surface area contributed by atoms with Gasteiger partial charge in [0.2, 0.25) is 11.0 Å². The lowest BCUT2D eigenvalue weighted by Gasteiger charge is -2.10. The van der Waals surface area contributed by atoms with Crippen molar-refractivity contribution >= 4 is 44.1 Å². The summed E-state index contributed by atoms with van der Waals surface area (Å²) in [7, 11) is -2.78. The number of rotatable bonds is 6. The standard InChI is InChI=1S/C14H16N4O5S2/c1-4-11(19)15-13-16-17-14(24-13)25(21,22)18-10-7-9(12(20)23-3)6-5-8(10)2/h5-7,18H,4H2,1-3H3,(H,15,16,19). The highest BCUT2D eigenvalue weighted by atomic mass is 32.2. The Kier molecular flexibility index (Phi) is 5.69. The Hall–Kier alpha value is -2.53. The first-order chi connectivity index (χ1) is 11.8. The molecule has 25 heavy (non-hydrogen) atoms. The van der Waals surface area contributed by atoms with Crippen molar-refractivity contribution in [2.45, 2.75) is 24.6 Å². The number of methoxy groups -OCH3 is 1. The van der Waals surface area contributed by atoms with Crippen LogP contribution >= 0.6 is 11.3 Å². The summed E-state index contributed by atoms with van der Waals surface area (Å²) in [5, 5.41) is 9.76. The number of nitrogens with one attached hydrogen (secondary N) is 2. The van der Waals surface area contributed by atoms with Crippen molar-refractivity contribution in [3.8, 4) is 0 Å². The van der Waals surface area contributed by atoms with E-state index >= 15 is 0 Å². The molecule has 1 aromatic carbocycles. The molecule has 1 aromatic heterocycles. The number of hydrogen-bond donors (Lipinski definition) is 2. The molecule has 0 unspecified atom stereocenters. The van der Waals surface area contributed by atoms with Crippen LogP contribution in [0.25, 0.3) is 0 Å². The van der Waals surface area contributed by atoms with Gasteiger partial charge in [-0.25, -0.2) is 4.79 Å². The van der Waals surface area contributed by atoms with E-state index in [1.54, 1.807) is 19.9 Å². The molecule has 0 saturated heterocycles. The highest BCUT2D eigenvalue weighted by Crippen LogP contribution is 2.25. The minimum absolute atomic E-state index is 0.0901. The predicted molar refractivity (Wildman–Crippen MR) is 92.2 cm³/mol. The fraction of sp³-hybridized carbons (Fsp3) is 0.286. The fourth-order valence-electron chi connectivity index (χ4n) is 1.74. The van der Waals surface area contributed by atoms with Gasteiger partial charge in [0.25, 0.3) is 14.4 Å². The van der Waals surface area contributed by atoms with E-state index in [4.69, 9.17) is 0 Å². The van der Waals surface area contributed by atoms with Gasteiger partial charge < -0.3 is 10.1 Å². The van der Waals surface area contributed by atoms with Crippen LogP contribution in [0, 0.1) is 6.92 Å². The van der Waals surface area contributed by atoms with Crippen molar-refractivity contribution in [3.63, 3.8) is 0 Å². The van der Waals surface area contributed by atoms with E-state index < -0.39 is 16.0 Å². The van der Waals surface area contributed by atoms with E-state index in [0.29, 0.717) is 5.56 Å². The Bertz CT molecular complexity index is 908. The predicted octanol–water partition coefficient (Wildman–Crippen LogP) is 1.78. The second kappa shape index (κ2) is 7.57. The summed E-state index contributed by atoms with van der Waals surface area (Å²) in [6.07, 6.45) is 0.236. The number of ether oxygens (including phenoxy) is 1. The minimum Gasteiger partial charge on any atom is -0.465 e. The van der Waals surface area contributed by atoms with Crippen LogP contribution in [-0.2, 0) is 19.6 Å². The molecule has 0 fully saturated rings. The summed E-state index contributed by atoms with van der Waals surface area (Å²) in [5.41, 5.74) is 1.04. The van der Waals surface area contributed by atoms with Gasteiger partial charge in [-0.05, 0) is 24.6 Å². The second-order valence-corrected chi connectivity index (χ2v) is 7.74. The van der Waals surface area contributed by atoms with Crippen LogP contribution in [0.15, 0.2) is 22.5 Å². The summed E-state index contributed by atoms with van der Waals surface area (Å²) >= 11 is 0.727. The third kappa shape index (κ3) is 4.51. The van der Waals surface area contributed by atoms with E-state index in [1.807, 2.05) is 0 Å². The van der Waals surface area contributed by atoms with Crippen LogP contribution in [0.1, 0.15) is 29.3 Å². The first-order valence-electron chi connectivity index (χ1n) is 7.12. The van der Waals surface area contributed by atoms with Crippen molar-refractivity contribution in [2.75, 3.05) is 17.1 Å². The molecule has 1 heterocycles. The molecule has 134 valence electrons. The van der Waals surface area contributed by atoms with Gasteiger partial charge >= 0.3 is 5.97 Å². The Morgan fingerprint density at radius 2 is 2.00 bits per heavy atom. The number of amides is 1. The number of carbonyl (C=O) groups is 2. The summed E-state index contributed by atoms with van der Waals surface area (Å²) < 4.78 is 31.6. The maximum atomic E-state index is 12.4. The maximum Gasteiger partial charge on any atom is 0.337 e. The molecule has 11 heteroatoms. The zero-order valence-electron chi connectivity index (χ0n) is 13.7. The van der Waals surface area contributed by atoms with Crippen molar-refractivity contribution < 1.29 is 22.7 Å². The average molecular weight is 384 g/mol. The van der Waals surface area contributed by atoms with Gasteiger partial charge in [0.15, 0.2) is 0 Å². The molecular formula is C14H16N4O5S2. The third-order valence-electron chi connectivity index (χ3n) is 3.11. The Labute approximate surface area is 148 Å². The lowest BCUT2D eigenvalue weighted by Crippen LogP contribution is -2.14. The number of nitrogens with zero attached hydrogens (tertiary/aromatic N) is 2. The first kappa shape index (κ1) is 18.8. The van der Waals surface area contributed by atoms with Gasteiger partial charge in [-0.2, -0.15) is 8.42 Å². The van der Waals surface area contributed by atoms with Gasteiger partial charge in [-0.1, -0.05) is 24.3 Å². The summed E-state index contributed by atoms with van der Waals surface area (Å²) in [4.78, 5) is 22.9. The topological polar surface area (TPSA) is 127 Å². The summed E-state index contributed by atoms with van der Waals surface area (Å²) in [6.45, 7) is 3.35. The van der Waals surface area contributed by atoms with Crippen LogP contribution in [0.2, 0.25) is 0 Å². The van der Waals surface area contributed by atoms with Crippen molar-refractivity contribution in [1.82, 2.24) is 10.2 Å². The largest absolute Gasteiger partial charge is 0.465 e. The number of sulfonamides is 1. The van der Waals surface area contributed by atoms with Crippen LogP contribution in [0.4, 0.5) is 10.8 Å². The molecule has 2 N–H and O–H groups in total. The quantitative estimate of drug-likeness (QED) is 0.574. The van der Waals surface area contributed by atoms with E-state index in [9.17, 15) is 18.0 Å². The maximum absolute atomic E-state index is 12.4. The van der Waals surface area contributed by atoms with Gasteiger partial charge in [-0.15, -0.1) is 10.2 Å². The summed E-state index contributed by atoms with van der Waals surface area (Å²) in [6, 6.07) is 4.50. The summed E-state index contributed by atoms with van der Waals surface area (Å²) in [5.74, 6) is -0.879. The average Bonchev–Trinajstić information content (AvgIpc) is 3.05. The van der Waals surface area contributed by atoms with Crippen LogP contribution < -0.4 is 10.0 Å². The highest BCUT2D eigenvalue weighted by Gasteiger charge is 2.22. The molecule has 1 amide bonds. The number of aromatic nitrogens is 2. The number of anilines is 2. The molecular weight excluding hydrogens is 368 g/mol. The SMILES string of the molecule is CCC(=O)Nc1nnc(S(=O)(=O)Nc2cc(C(=O)OC)ccc2C)s1. The first-order valence-corrected chi connectivity index (χ1v) is 9.42. The molecule has 0 saturated carbocycles. The van der Waals surface area contributed by atoms with E-state index in [0.717, 1.165) is 11.3 Å². The van der Waals surface area contributed by atoms with Crippen LogP contribution in [0.3, 0.4) is 0 Å². The monoisotopic (exact) mass is 384 g/mol. The molecule has 0 bridgehead atoms. The van der Waals surface area contributed by atoms with Crippen molar-refractivity contribution in [1.29, 1.82) is 0 Å². The van der Waals surface area contributed by atoms with Crippen molar-refractivity contribution in [2.24, 2.45) is 0 Å². The van der Waals surface area contributed by atoms with E-state index in [2.05, 4.69) is 25.0 Å². The van der Waals surface area contributed by atoms with Gasteiger partial charge in [0, 0.05) is 6.42 Å². The number of aryl methyl sites for hydroxylation is 1. The molecule has 0 radical (unpaired) electrons. The zero-order valence-corrected chi connectivity index (χ0v) is 15.3. The highest BCUT2D eigenvalue weighted by molar-refractivity contribution is 7.94. The van der Waals surface area contributed by atoms with E-state index in [-0.39, 0.29) is 33.1 Å². The molecule has 9 nitrogen and oxygen atoms in total. The van der Waals surface area contributed by atoms with E-state index in [1.165, 1.54) is 19.2 Å². The minimum atomic E-state index is -4.02. The van der Waals surface area contributed by atoms with Crippen LogP contribution in [0.5, 0.6) is 0 Å². The fourth-order valence-corrected chi connectivity index (χ4v) is 3.78. The van der Waals surface area contributed by atoms with Gasteiger partial charge in [0.05, 0.1) is 18.4 Å². The zero-order chi connectivity index (χ0) is 18.6. The molecule has 2 aromatic rings. The molecule has 0 aliphatic rings. The number of benzene rings is 1. The lowest BCUT2D eigenvalue weighted by molar-refractivity contribution is -0.115. The second-order valence-electron chi connectivity index (χ2n) is 4.90. The molecule has 0 aliphatic carbocycles. The molecule has 0 spiro atoms. The van der Waals surface area contributed by atoms with Crippen LogP contribution in [-0.4, -0.2) is 37.6 Å². The van der Waals surface area contributed by atoms with Gasteiger partial charge in [-0.3, -0.25) is 9.52 Å². The van der Waals surface area contributed by atoms with Gasteiger partial charge in [0.1, 0.15) is 0 Å². The number of esters is 1. The lowest BCUT2D eigenvalue weighted by atomic mass is 10.1. The Balaban J connectivity index is 2.27. The Morgan fingerprint density at radius 1 is 1.28 bits per heavy atom. The molecule has 0 aliphatic heterocycles. The van der Waals surface area contributed by atoms with Crippen molar-refractivity contribution in [3.05, 3.63) is 29.3 Å². The Morgan fingerprint density at radius 3 is 2.64 bits per heavy atom. The molecule has 2 rings (SSSR count). The molecule has 0 atom stereocenters. The third-order valence-corrected chi connectivity index (χ3v) is 5.68. The number of hydrogen-bond acceptors (Lipinski definition) is 8. The smallest absolute Gasteiger partial charge is 0.337 e. The number of carbonyl (C=O) groups excluding carboxylic acids is 2. The normalized spacial score (nSPS) is 11.0.